The Kier molecular flexibility index (Phi) is 8.96. The molecule has 0 spiro atoms. The SMILES string of the molecule is CCCCCOCC(=O)Nc1ccc(N)nc1.Cl. The number of anilines is 2. The van der Waals surface area contributed by atoms with Crippen LogP contribution in [0.15, 0.2) is 18.3 Å². The number of carbonyl (C=O) groups is 1. The van der Waals surface area contributed by atoms with Crippen molar-refractivity contribution in [3.05, 3.63) is 18.3 Å². The molecular formula is C12H20ClN3O2. The van der Waals surface area contributed by atoms with Crippen molar-refractivity contribution in [2.75, 3.05) is 24.3 Å². The van der Waals surface area contributed by atoms with Gasteiger partial charge in [0, 0.05) is 6.61 Å². The average molecular weight is 274 g/mol. The molecule has 0 saturated heterocycles. The maximum absolute atomic E-state index is 11.4. The van der Waals surface area contributed by atoms with Crippen LogP contribution in [0.25, 0.3) is 0 Å². The lowest BCUT2D eigenvalue weighted by Gasteiger charge is -2.05. The molecule has 102 valence electrons. The third-order valence-corrected chi connectivity index (χ3v) is 2.20. The molecule has 5 nitrogen and oxygen atoms in total. The van der Waals surface area contributed by atoms with Crippen LogP contribution in [0.4, 0.5) is 11.5 Å². The van der Waals surface area contributed by atoms with E-state index in [0.717, 1.165) is 19.3 Å². The Bertz CT molecular complexity index is 344. The molecular weight excluding hydrogens is 254 g/mol. The summed E-state index contributed by atoms with van der Waals surface area (Å²) in [6.45, 7) is 2.83. The van der Waals surface area contributed by atoms with Gasteiger partial charge in [0.15, 0.2) is 0 Å². The number of unbranched alkanes of at least 4 members (excludes halogenated alkanes) is 2. The summed E-state index contributed by atoms with van der Waals surface area (Å²) in [5, 5.41) is 2.68. The predicted molar refractivity (Wildman–Crippen MR) is 74.9 cm³/mol. The summed E-state index contributed by atoms with van der Waals surface area (Å²) in [5.74, 6) is 0.256. The molecule has 0 saturated carbocycles. The van der Waals surface area contributed by atoms with Crippen LogP contribution in [-0.2, 0) is 9.53 Å². The number of nitrogen functional groups attached to an aromatic ring is 1. The number of nitrogens with one attached hydrogen (secondary N) is 1. The van der Waals surface area contributed by atoms with Crippen LogP contribution in [0, 0.1) is 0 Å². The van der Waals surface area contributed by atoms with Crippen LogP contribution in [0.3, 0.4) is 0 Å². The van der Waals surface area contributed by atoms with Crippen LogP contribution in [0.5, 0.6) is 0 Å². The topological polar surface area (TPSA) is 77.2 Å². The minimum atomic E-state index is -0.173. The van der Waals surface area contributed by atoms with Crippen molar-refractivity contribution in [2.45, 2.75) is 26.2 Å². The second-order valence-corrected chi connectivity index (χ2v) is 3.78. The highest BCUT2D eigenvalue weighted by Crippen LogP contribution is 2.06. The molecule has 1 heterocycles. The van der Waals surface area contributed by atoms with Gasteiger partial charge in [-0.3, -0.25) is 4.79 Å². The summed E-state index contributed by atoms with van der Waals surface area (Å²) in [5.41, 5.74) is 6.06. The Morgan fingerprint density at radius 3 is 2.83 bits per heavy atom. The zero-order chi connectivity index (χ0) is 12.5. The number of halogens is 1. The number of amides is 1. The van der Waals surface area contributed by atoms with E-state index in [0.29, 0.717) is 18.1 Å². The van der Waals surface area contributed by atoms with Gasteiger partial charge >= 0.3 is 0 Å². The Hall–Kier alpha value is -1.33. The summed E-state index contributed by atoms with van der Waals surface area (Å²) < 4.78 is 5.24. The fourth-order valence-corrected chi connectivity index (χ4v) is 1.30. The van der Waals surface area contributed by atoms with Gasteiger partial charge in [-0.15, -0.1) is 12.4 Å². The number of hydrogen-bond donors (Lipinski definition) is 2. The molecule has 0 radical (unpaired) electrons. The predicted octanol–water partition coefficient (Wildman–Crippen LogP) is 2.23. The Morgan fingerprint density at radius 2 is 2.22 bits per heavy atom. The van der Waals surface area contributed by atoms with Gasteiger partial charge < -0.3 is 15.8 Å². The van der Waals surface area contributed by atoms with Crippen molar-refractivity contribution >= 4 is 29.8 Å². The standard InChI is InChI=1S/C12H19N3O2.ClH/c1-2-3-4-7-17-9-12(16)15-10-5-6-11(13)14-8-10;/h5-6,8H,2-4,7,9H2,1H3,(H2,13,14)(H,15,16);1H. The number of rotatable bonds is 7. The van der Waals surface area contributed by atoms with Crippen molar-refractivity contribution in [3.63, 3.8) is 0 Å². The van der Waals surface area contributed by atoms with Crippen LogP contribution in [-0.4, -0.2) is 24.1 Å². The molecule has 3 N–H and O–H groups in total. The third kappa shape index (κ3) is 7.09. The second kappa shape index (κ2) is 9.67. The Morgan fingerprint density at radius 1 is 1.44 bits per heavy atom. The highest BCUT2D eigenvalue weighted by molar-refractivity contribution is 5.91. The monoisotopic (exact) mass is 273 g/mol. The van der Waals surface area contributed by atoms with E-state index in [2.05, 4.69) is 17.2 Å². The number of nitrogens with zero attached hydrogens (tertiary/aromatic N) is 1. The van der Waals surface area contributed by atoms with Crippen LogP contribution in [0.1, 0.15) is 26.2 Å². The van der Waals surface area contributed by atoms with Gasteiger partial charge in [-0.05, 0) is 18.6 Å². The number of pyridine rings is 1. The van der Waals surface area contributed by atoms with Crippen molar-refractivity contribution in [1.82, 2.24) is 4.98 Å². The fourth-order valence-electron chi connectivity index (χ4n) is 1.30. The van der Waals surface area contributed by atoms with Gasteiger partial charge in [0.2, 0.25) is 5.91 Å². The summed E-state index contributed by atoms with van der Waals surface area (Å²) in [7, 11) is 0. The number of aromatic nitrogens is 1. The number of nitrogens with two attached hydrogens (primary N) is 1. The first-order valence-electron chi connectivity index (χ1n) is 5.81. The molecule has 0 aliphatic heterocycles. The van der Waals surface area contributed by atoms with E-state index in [1.54, 1.807) is 12.1 Å². The molecule has 1 aromatic heterocycles. The molecule has 0 aromatic carbocycles. The molecule has 0 unspecified atom stereocenters. The average Bonchev–Trinajstić information content (AvgIpc) is 2.32. The second-order valence-electron chi connectivity index (χ2n) is 3.78. The van der Waals surface area contributed by atoms with Crippen molar-refractivity contribution < 1.29 is 9.53 Å². The highest BCUT2D eigenvalue weighted by Gasteiger charge is 2.02. The first kappa shape index (κ1) is 16.7. The first-order chi connectivity index (χ1) is 8.22. The van der Waals surface area contributed by atoms with E-state index in [-0.39, 0.29) is 24.9 Å². The van der Waals surface area contributed by atoms with Crippen molar-refractivity contribution in [2.24, 2.45) is 0 Å². The van der Waals surface area contributed by atoms with E-state index in [1.165, 1.54) is 6.20 Å². The first-order valence-corrected chi connectivity index (χ1v) is 5.81. The Labute approximate surface area is 114 Å². The summed E-state index contributed by atoms with van der Waals surface area (Å²) in [6.07, 6.45) is 4.79. The largest absolute Gasteiger partial charge is 0.384 e. The molecule has 0 aliphatic rings. The number of hydrogen-bond acceptors (Lipinski definition) is 4. The van der Waals surface area contributed by atoms with E-state index in [4.69, 9.17) is 10.5 Å². The quantitative estimate of drug-likeness (QED) is 0.747. The molecule has 0 aliphatic carbocycles. The van der Waals surface area contributed by atoms with Gasteiger partial charge in [0.1, 0.15) is 12.4 Å². The van der Waals surface area contributed by atoms with Crippen molar-refractivity contribution in [3.8, 4) is 0 Å². The van der Waals surface area contributed by atoms with Crippen molar-refractivity contribution in [1.29, 1.82) is 0 Å². The van der Waals surface area contributed by atoms with Gasteiger partial charge in [-0.2, -0.15) is 0 Å². The van der Waals surface area contributed by atoms with Gasteiger partial charge in [-0.1, -0.05) is 19.8 Å². The van der Waals surface area contributed by atoms with E-state index >= 15 is 0 Å². The maximum atomic E-state index is 11.4. The summed E-state index contributed by atoms with van der Waals surface area (Å²) >= 11 is 0. The van der Waals surface area contributed by atoms with E-state index < -0.39 is 0 Å². The molecule has 6 heteroatoms. The molecule has 1 aromatic rings. The highest BCUT2D eigenvalue weighted by atomic mass is 35.5. The minimum Gasteiger partial charge on any atom is -0.384 e. The minimum absolute atomic E-state index is 0. The normalized spacial score (nSPS) is 9.61. The van der Waals surface area contributed by atoms with Crippen LogP contribution < -0.4 is 11.1 Å². The van der Waals surface area contributed by atoms with Gasteiger partial charge in [0.05, 0.1) is 11.9 Å². The smallest absolute Gasteiger partial charge is 0.250 e. The van der Waals surface area contributed by atoms with E-state index in [9.17, 15) is 4.79 Å². The summed E-state index contributed by atoms with van der Waals surface area (Å²) in [6, 6.07) is 3.34. The number of ether oxygens (including phenoxy) is 1. The summed E-state index contributed by atoms with van der Waals surface area (Å²) in [4.78, 5) is 15.3. The molecule has 18 heavy (non-hydrogen) atoms. The zero-order valence-corrected chi connectivity index (χ0v) is 11.3. The molecule has 1 amide bonds. The zero-order valence-electron chi connectivity index (χ0n) is 10.5. The lowest BCUT2D eigenvalue weighted by molar-refractivity contribution is -0.120. The maximum Gasteiger partial charge on any atom is 0.250 e. The molecule has 0 fully saturated rings. The van der Waals surface area contributed by atoms with Gasteiger partial charge in [0.25, 0.3) is 0 Å². The number of carbonyl (C=O) groups excluding carboxylic acids is 1. The van der Waals surface area contributed by atoms with E-state index in [1.807, 2.05) is 0 Å². The molecule has 0 bridgehead atoms. The van der Waals surface area contributed by atoms with Crippen LogP contribution >= 0.6 is 12.4 Å². The van der Waals surface area contributed by atoms with Gasteiger partial charge in [-0.25, -0.2) is 4.98 Å². The lowest BCUT2D eigenvalue weighted by atomic mass is 10.3. The molecule has 0 atom stereocenters. The fraction of sp³-hybridized carbons (Fsp3) is 0.500. The molecule has 1 rings (SSSR count). The third-order valence-electron chi connectivity index (χ3n) is 2.20. The Balaban J connectivity index is 0.00000289. The van der Waals surface area contributed by atoms with Crippen LogP contribution in [0.2, 0.25) is 0 Å². The lowest BCUT2D eigenvalue weighted by Crippen LogP contribution is -2.18.